The molecule has 2 bridgehead atoms. The van der Waals surface area contributed by atoms with Crippen LogP contribution in [-0.4, -0.2) is 80.8 Å². The van der Waals surface area contributed by atoms with Crippen LogP contribution in [0.1, 0.15) is 30.4 Å². The first-order valence-electron chi connectivity index (χ1n) is 10.2. The lowest BCUT2D eigenvalue weighted by molar-refractivity contribution is -0.954. The number of phenols is 1. The van der Waals surface area contributed by atoms with Gasteiger partial charge < -0.3 is 29.6 Å². The highest BCUT2D eigenvalue weighted by molar-refractivity contribution is 5.91. The van der Waals surface area contributed by atoms with Crippen molar-refractivity contribution in [2.75, 3.05) is 20.1 Å². The van der Waals surface area contributed by atoms with Gasteiger partial charge >= 0.3 is 0 Å². The van der Waals surface area contributed by atoms with Gasteiger partial charge in [0.15, 0.2) is 29.0 Å². The van der Waals surface area contributed by atoms with Crippen LogP contribution in [0.5, 0.6) is 11.5 Å². The van der Waals surface area contributed by atoms with Gasteiger partial charge in [0.2, 0.25) is 0 Å². The van der Waals surface area contributed by atoms with Crippen molar-refractivity contribution < 1.29 is 34.4 Å². The predicted octanol–water partition coefficient (Wildman–Crippen LogP) is -0.388. The molecule has 7 atom stereocenters. The maximum absolute atomic E-state index is 12.9. The summed E-state index contributed by atoms with van der Waals surface area (Å²) in [6.07, 6.45) is -0.821. The molecule has 7 heteroatoms. The van der Waals surface area contributed by atoms with Crippen LogP contribution in [0.2, 0.25) is 0 Å². The van der Waals surface area contributed by atoms with Crippen LogP contribution in [-0.2, 0) is 16.6 Å². The van der Waals surface area contributed by atoms with Crippen molar-refractivity contribution in [1.29, 1.82) is 0 Å². The van der Waals surface area contributed by atoms with Gasteiger partial charge in [-0.25, -0.2) is 0 Å². The minimum Gasteiger partial charge on any atom is -0.504 e. The van der Waals surface area contributed by atoms with Crippen molar-refractivity contribution >= 4 is 5.78 Å². The Labute approximate surface area is 162 Å². The number of benzene rings is 1. The van der Waals surface area contributed by atoms with E-state index in [0.717, 1.165) is 24.9 Å². The van der Waals surface area contributed by atoms with E-state index in [4.69, 9.17) is 4.74 Å². The molecule has 1 unspecified atom stereocenters. The number of rotatable bonds is 2. The summed E-state index contributed by atoms with van der Waals surface area (Å²) >= 11 is 0. The Morgan fingerprint density at radius 2 is 1.96 bits per heavy atom. The lowest BCUT2D eigenvalue weighted by Crippen LogP contribution is -2.88. The third kappa shape index (κ3) is 1.66. The van der Waals surface area contributed by atoms with Crippen molar-refractivity contribution in [3.8, 4) is 11.5 Å². The smallest absolute Gasteiger partial charge is 0.177 e. The number of nitrogens with zero attached hydrogens (tertiary/aromatic N) is 1. The fraction of sp³-hybridized carbons (Fsp3) is 0.667. The standard InChI is InChI=1S/C21H25NO6/c1-22(8-10-2-3-10)9-16(26)20-17-11-4-5-12(23)18(17)28-19(20)13(24)7-15(25)21(20,27)14(22)6-11/h4-5,10,14-16,19,25-27H,2-3,6-9H2,1H3/p+1/t14-,15?,16-,19+,20+,21+,22+/m1/s1. The van der Waals surface area contributed by atoms with Gasteiger partial charge in [0.25, 0.3) is 0 Å². The fourth-order valence-corrected chi connectivity index (χ4v) is 7.08. The Morgan fingerprint density at radius 3 is 2.68 bits per heavy atom. The number of ketones is 1. The lowest BCUT2D eigenvalue weighted by Gasteiger charge is -2.66. The Balaban J connectivity index is 1.66. The molecule has 0 amide bonds. The molecule has 7 nitrogen and oxygen atoms in total. The Bertz CT molecular complexity index is 914. The molecule has 1 saturated heterocycles. The topological polar surface area (TPSA) is 107 Å². The van der Waals surface area contributed by atoms with Crippen molar-refractivity contribution in [1.82, 2.24) is 0 Å². The lowest BCUT2D eigenvalue weighted by atomic mass is 9.46. The van der Waals surface area contributed by atoms with E-state index in [0.29, 0.717) is 28.9 Å². The average Bonchev–Trinajstić information content (AvgIpc) is 3.34. The first-order chi connectivity index (χ1) is 13.2. The molecular weight excluding hydrogens is 362 g/mol. The molecule has 2 saturated carbocycles. The summed E-state index contributed by atoms with van der Waals surface area (Å²) in [5.74, 6) is 0.319. The molecule has 3 fully saturated rings. The highest BCUT2D eigenvalue weighted by atomic mass is 16.5. The van der Waals surface area contributed by atoms with E-state index < -0.39 is 29.3 Å². The molecule has 3 aliphatic carbocycles. The van der Waals surface area contributed by atoms with Crippen molar-refractivity contribution in [2.45, 2.75) is 61.1 Å². The van der Waals surface area contributed by atoms with E-state index in [1.807, 2.05) is 0 Å². The van der Waals surface area contributed by atoms with E-state index in [9.17, 15) is 25.2 Å². The van der Waals surface area contributed by atoms with E-state index in [1.165, 1.54) is 0 Å². The zero-order chi connectivity index (χ0) is 19.6. The highest BCUT2D eigenvalue weighted by Crippen LogP contribution is 2.65. The summed E-state index contributed by atoms with van der Waals surface area (Å²) in [6.45, 7) is 1.23. The summed E-state index contributed by atoms with van der Waals surface area (Å²) in [7, 11) is 2.05. The number of carbonyl (C=O) groups excluding carboxylic acids is 1. The number of aliphatic hydroxyl groups excluding tert-OH is 2. The maximum atomic E-state index is 12.9. The molecule has 150 valence electrons. The third-order valence-electron chi connectivity index (χ3n) is 8.31. The molecule has 1 aromatic carbocycles. The van der Waals surface area contributed by atoms with E-state index in [1.54, 1.807) is 12.1 Å². The molecule has 1 spiro atoms. The predicted molar refractivity (Wildman–Crippen MR) is 96.9 cm³/mol. The average molecular weight is 388 g/mol. The maximum Gasteiger partial charge on any atom is 0.177 e. The van der Waals surface area contributed by atoms with Gasteiger partial charge in [-0.15, -0.1) is 0 Å². The number of quaternary nitrogens is 1. The summed E-state index contributed by atoms with van der Waals surface area (Å²) in [6, 6.07) is 3.01. The second kappa shape index (κ2) is 4.90. The largest absolute Gasteiger partial charge is 0.504 e. The molecule has 0 aromatic heterocycles. The number of ether oxygens (including phenoxy) is 1. The molecule has 6 rings (SSSR count). The summed E-state index contributed by atoms with van der Waals surface area (Å²) in [5.41, 5.74) is -1.73. The molecule has 0 radical (unpaired) electrons. The zero-order valence-corrected chi connectivity index (χ0v) is 15.8. The monoisotopic (exact) mass is 388 g/mol. The molecule has 4 N–H and O–H groups in total. The highest BCUT2D eigenvalue weighted by Gasteiger charge is 2.82. The van der Waals surface area contributed by atoms with Crippen LogP contribution in [0.15, 0.2) is 12.1 Å². The normalized spacial score (nSPS) is 48.2. The number of carbonyl (C=O) groups is 1. The van der Waals surface area contributed by atoms with Crippen molar-refractivity contribution in [3.05, 3.63) is 23.3 Å². The Morgan fingerprint density at radius 1 is 1.21 bits per heavy atom. The van der Waals surface area contributed by atoms with E-state index in [2.05, 4.69) is 7.05 Å². The number of hydrogen-bond acceptors (Lipinski definition) is 6. The summed E-state index contributed by atoms with van der Waals surface area (Å²) in [5, 5.41) is 45.2. The number of piperidine rings is 1. The van der Waals surface area contributed by atoms with Crippen LogP contribution in [0.3, 0.4) is 0 Å². The van der Waals surface area contributed by atoms with E-state index >= 15 is 0 Å². The summed E-state index contributed by atoms with van der Waals surface area (Å²) < 4.78 is 6.40. The Kier molecular flexibility index (Phi) is 3.01. The van der Waals surface area contributed by atoms with Crippen molar-refractivity contribution in [3.63, 3.8) is 0 Å². The van der Waals surface area contributed by atoms with Crippen LogP contribution in [0, 0.1) is 5.92 Å². The van der Waals surface area contributed by atoms with Gasteiger partial charge in [0.05, 0.1) is 19.7 Å². The van der Waals surface area contributed by atoms with Crippen LogP contribution >= 0.6 is 0 Å². The van der Waals surface area contributed by atoms with Crippen LogP contribution in [0.4, 0.5) is 0 Å². The number of aliphatic hydroxyl groups is 3. The number of Topliss-reactive ketones (excluding diaryl/α,β-unsaturated/α-hetero) is 1. The van der Waals surface area contributed by atoms with Gasteiger partial charge in [-0.2, -0.15) is 0 Å². The zero-order valence-electron chi connectivity index (χ0n) is 15.8. The molecule has 5 aliphatic rings. The fourth-order valence-electron chi connectivity index (χ4n) is 7.08. The first-order valence-corrected chi connectivity index (χ1v) is 10.2. The van der Waals surface area contributed by atoms with Gasteiger partial charge in [-0.05, 0) is 24.5 Å². The third-order valence-corrected chi connectivity index (χ3v) is 8.31. The number of hydrogen-bond donors (Lipinski definition) is 4. The van der Waals surface area contributed by atoms with Gasteiger partial charge in [0.1, 0.15) is 24.1 Å². The van der Waals surface area contributed by atoms with Crippen LogP contribution < -0.4 is 4.74 Å². The molecular formula is C21H26NO6+. The molecule has 2 heterocycles. The molecule has 2 aliphatic heterocycles. The van der Waals surface area contributed by atoms with Gasteiger partial charge in [-0.1, -0.05) is 6.07 Å². The van der Waals surface area contributed by atoms with Gasteiger partial charge in [-0.3, -0.25) is 4.79 Å². The second-order valence-corrected chi connectivity index (χ2v) is 9.85. The Hall–Kier alpha value is -1.67. The van der Waals surface area contributed by atoms with Gasteiger partial charge in [0, 0.05) is 24.3 Å². The van der Waals surface area contributed by atoms with Crippen LogP contribution in [0.25, 0.3) is 0 Å². The minimum absolute atomic E-state index is 0.0985. The number of likely N-dealkylation sites (N-methyl/N-ethyl adjacent to an activating group) is 1. The SMILES string of the molecule is C[N@+]1(CC2CC2)C[C@@H](O)[C@]23c4c5ccc(O)c4O[C@H]2C(=O)CC(O)[C@@]3(O)[C@H]1C5. The quantitative estimate of drug-likeness (QED) is 0.514. The molecule has 1 aromatic rings. The number of likely N-dealkylation sites (tertiary alicyclic amines) is 1. The minimum atomic E-state index is -1.70. The summed E-state index contributed by atoms with van der Waals surface area (Å²) in [4.78, 5) is 12.9. The number of phenolic OH excluding ortho intramolecular Hbond substituents is 1. The van der Waals surface area contributed by atoms with Crippen molar-refractivity contribution in [2.24, 2.45) is 5.92 Å². The van der Waals surface area contributed by atoms with E-state index in [-0.39, 0.29) is 29.7 Å². The first kappa shape index (κ1) is 17.2. The number of aromatic hydroxyl groups is 1. The molecule has 28 heavy (non-hydrogen) atoms. The second-order valence-electron chi connectivity index (χ2n) is 9.85.